The number of nitrogens with one attached hydrogen (secondary N) is 2. The van der Waals surface area contributed by atoms with Crippen molar-refractivity contribution in [3.8, 4) is 5.75 Å². The van der Waals surface area contributed by atoms with E-state index in [2.05, 4.69) is 20.1 Å². The van der Waals surface area contributed by atoms with Gasteiger partial charge in [-0.2, -0.15) is 0 Å². The zero-order valence-corrected chi connectivity index (χ0v) is 18.8. The first-order valence-electron chi connectivity index (χ1n) is 10.1. The Bertz CT molecular complexity index is 1050. The summed E-state index contributed by atoms with van der Waals surface area (Å²) in [6.45, 7) is -0.129. The van der Waals surface area contributed by atoms with Crippen molar-refractivity contribution >= 4 is 35.5 Å². The molecule has 2 aromatic carbocycles. The smallest absolute Gasteiger partial charge is 0.469 e. The normalized spacial score (nSPS) is 10.9. The molecule has 0 fully saturated rings. The first-order valence-corrected chi connectivity index (χ1v) is 10.1. The molecule has 0 saturated heterocycles. The van der Waals surface area contributed by atoms with Crippen molar-refractivity contribution in [2.24, 2.45) is 0 Å². The van der Waals surface area contributed by atoms with Gasteiger partial charge in [-0.15, -0.1) is 0 Å². The van der Waals surface area contributed by atoms with Crippen LogP contribution in [0.4, 0.5) is 21.0 Å². The maximum Gasteiger partial charge on any atom is 0.514 e. The van der Waals surface area contributed by atoms with E-state index in [1.165, 1.54) is 31.4 Å². The Kier molecular flexibility index (Phi) is 9.97. The van der Waals surface area contributed by atoms with E-state index in [-0.39, 0.29) is 30.9 Å². The van der Waals surface area contributed by atoms with E-state index >= 15 is 0 Å². The number of esters is 2. The molecule has 0 radical (unpaired) electrons. The third-order valence-corrected chi connectivity index (χ3v) is 4.47. The molecule has 0 aliphatic carbocycles. The molecule has 0 heterocycles. The molecule has 13 nitrogen and oxygen atoms in total. The predicted molar refractivity (Wildman–Crippen MR) is 120 cm³/mol. The van der Waals surface area contributed by atoms with Gasteiger partial charge in [0.15, 0.2) is 0 Å². The lowest BCUT2D eigenvalue weighted by Gasteiger charge is -2.16. The van der Waals surface area contributed by atoms with Crippen molar-refractivity contribution in [2.75, 3.05) is 19.5 Å². The highest BCUT2D eigenvalue weighted by Crippen LogP contribution is 2.18. The van der Waals surface area contributed by atoms with E-state index < -0.39 is 35.1 Å². The number of amides is 2. The lowest BCUT2D eigenvalue weighted by Crippen LogP contribution is -2.43. The van der Waals surface area contributed by atoms with Crippen molar-refractivity contribution in [1.29, 1.82) is 0 Å². The van der Waals surface area contributed by atoms with E-state index in [4.69, 9.17) is 9.47 Å². The lowest BCUT2D eigenvalue weighted by molar-refractivity contribution is -0.384. The number of carbonyl (C=O) groups excluding carboxylic acids is 4. The van der Waals surface area contributed by atoms with Gasteiger partial charge in [0.1, 0.15) is 18.4 Å². The van der Waals surface area contributed by atoms with E-state index in [0.717, 1.165) is 7.11 Å². The number of rotatable bonds is 10. The summed E-state index contributed by atoms with van der Waals surface area (Å²) in [6.07, 6.45) is -1.09. The molecule has 2 rings (SSSR count). The second kappa shape index (κ2) is 13.1. The van der Waals surface area contributed by atoms with Crippen LogP contribution in [0.3, 0.4) is 0 Å². The van der Waals surface area contributed by atoms with Crippen LogP contribution in [0, 0.1) is 10.1 Å². The second-order valence-electron chi connectivity index (χ2n) is 6.88. The number of nitro benzene ring substituents is 1. The molecule has 2 amide bonds. The highest BCUT2D eigenvalue weighted by molar-refractivity contribution is 5.92. The minimum absolute atomic E-state index is 0.000975. The third-order valence-electron chi connectivity index (χ3n) is 4.47. The Hall–Kier alpha value is -4.68. The molecular weight excluding hydrogens is 466 g/mol. The molecule has 0 saturated carbocycles. The molecule has 0 aromatic heterocycles. The van der Waals surface area contributed by atoms with E-state index in [9.17, 15) is 29.3 Å². The number of non-ortho nitro benzene ring substituents is 1. The number of benzene rings is 2. The topological polar surface area (TPSA) is 172 Å². The number of hydrogen-bond acceptors (Lipinski definition) is 10. The zero-order valence-electron chi connectivity index (χ0n) is 18.8. The quantitative estimate of drug-likeness (QED) is 0.166. The largest absolute Gasteiger partial charge is 0.514 e. The average molecular weight is 489 g/mol. The molecular formula is C22H23N3O10. The zero-order chi connectivity index (χ0) is 25.8. The summed E-state index contributed by atoms with van der Waals surface area (Å²) in [5.74, 6) is -1.16. The fourth-order valence-electron chi connectivity index (χ4n) is 2.67. The summed E-state index contributed by atoms with van der Waals surface area (Å²) in [5, 5.41) is 15.6. The van der Waals surface area contributed by atoms with E-state index in [1.807, 2.05) is 0 Å². The van der Waals surface area contributed by atoms with Crippen LogP contribution in [0.1, 0.15) is 18.4 Å². The number of ether oxygens (including phenoxy) is 4. The van der Waals surface area contributed by atoms with Crippen LogP contribution >= 0.6 is 0 Å². The van der Waals surface area contributed by atoms with Gasteiger partial charge in [0, 0.05) is 24.2 Å². The molecule has 186 valence electrons. The Balaban J connectivity index is 1.82. The van der Waals surface area contributed by atoms with Gasteiger partial charge in [0.25, 0.3) is 5.69 Å². The van der Waals surface area contributed by atoms with Gasteiger partial charge >= 0.3 is 24.1 Å². The second-order valence-corrected chi connectivity index (χ2v) is 6.88. The molecule has 0 aliphatic rings. The van der Waals surface area contributed by atoms with E-state index in [0.29, 0.717) is 11.3 Å². The number of urea groups is 1. The Morgan fingerprint density at radius 2 is 1.63 bits per heavy atom. The fourth-order valence-corrected chi connectivity index (χ4v) is 2.67. The van der Waals surface area contributed by atoms with Gasteiger partial charge in [-0.05, 0) is 36.2 Å². The summed E-state index contributed by atoms with van der Waals surface area (Å²) in [7, 11) is 2.38. The van der Waals surface area contributed by atoms with Crippen LogP contribution in [0.25, 0.3) is 0 Å². The molecule has 13 heteroatoms. The maximum atomic E-state index is 12.2. The molecule has 1 atom stereocenters. The van der Waals surface area contributed by atoms with Crippen molar-refractivity contribution in [2.45, 2.75) is 25.5 Å². The molecule has 1 unspecified atom stereocenters. The van der Waals surface area contributed by atoms with Crippen LogP contribution in [0.2, 0.25) is 0 Å². The van der Waals surface area contributed by atoms with Gasteiger partial charge in [0.2, 0.25) is 0 Å². The SMILES string of the molecule is COC(=O)CCC(NC(=O)Nc1ccc(COC(=O)Oc2ccc([N+](=O)[O-])cc2)cc1)C(=O)OC. The molecule has 35 heavy (non-hydrogen) atoms. The first-order chi connectivity index (χ1) is 16.7. The van der Waals surface area contributed by atoms with Crippen LogP contribution < -0.4 is 15.4 Å². The predicted octanol–water partition coefficient (Wildman–Crippen LogP) is 2.93. The van der Waals surface area contributed by atoms with Gasteiger partial charge in [0.05, 0.1) is 19.1 Å². The number of carbonyl (C=O) groups is 4. The van der Waals surface area contributed by atoms with Crippen LogP contribution in [0.5, 0.6) is 5.75 Å². The average Bonchev–Trinajstić information content (AvgIpc) is 2.85. The van der Waals surface area contributed by atoms with Crippen molar-refractivity contribution < 1.29 is 43.0 Å². The molecule has 2 N–H and O–H groups in total. The number of hydrogen-bond donors (Lipinski definition) is 2. The Labute approximate surface area is 199 Å². The number of nitrogens with zero attached hydrogens (tertiary/aromatic N) is 1. The molecule has 0 bridgehead atoms. The summed E-state index contributed by atoms with van der Waals surface area (Å²) >= 11 is 0. The summed E-state index contributed by atoms with van der Waals surface area (Å²) in [6, 6.07) is 9.44. The van der Waals surface area contributed by atoms with Crippen molar-refractivity contribution in [3.63, 3.8) is 0 Å². The molecule has 0 aliphatic heterocycles. The fraction of sp³-hybridized carbons (Fsp3) is 0.273. The van der Waals surface area contributed by atoms with Crippen LogP contribution in [-0.4, -0.2) is 49.3 Å². The summed E-state index contributed by atoms with van der Waals surface area (Å²) in [4.78, 5) is 57.2. The van der Waals surface area contributed by atoms with Crippen LogP contribution in [0.15, 0.2) is 48.5 Å². The minimum atomic E-state index is -1.05. The standard InChI is InChI=1S/C22H23N3O10/c1-32-19(26)12-11-18(20(27)33-2)24-21(28)23-15-5-3-14(4-6-15)13-34-22(29)35-17-9-7-16(8-10-17)25(30)31/h3-10,18H,11-13H2,1-2H3,(H2,23,24,28). The number of methoxy groups -OCH3 is 2. The van der Waals surface area contributed by atoms with Crippen molar-refractivity contribution in [1.82, 2.24) is 5.32 Å². The highest BCUT2D eigenvalue weighted by Gasteiger charge is 2.22. The minimum Gasteiger partial charge on any atom is -0.469 e. The van der Waals surface area contributed by atoms with Crippen molar-refractivity contribution in [3.05, 3.63) is 64.2 Å². The van der Waals surface area contributed by atoms with Gasteiger partial charge in [-0.25, -0.2) is 14.4 Å². The van der Waals surface area contributed by atoms with Gasteiger partial charge < -0.3 is 29.6 Å². The molecule has 0 spiro atoms. The van der Waals surface area contributed by atoms with E-state index in [1.54, 1.807) is 24.3 Å². The lowest BCUT2D eigenvalue weighted by atomic mass is 10.1. The maximum absolute atomic E-state index is 12.2. The molecule has 2 aromatic rings. The Morgan fingerprint density at radius 1 is 0.971 bits per heavy atom. The third kappa shape index (κ3) is 9.00. The highest BCUT2D eigenvalue weighted by atomic mass is 16.7. The van der Waals surface area contributed by atoms with Gasteiger partial charge in [-0.3, -0.25) is 14.9 Å². The monoisotopic (exact) mass is 489 g/mol. The summed E-state index contributed by atoms with van der Waals surface area (Å²) < 4.78 is 19.1. The first kappa shape index (κ1) is 26.6. The Morgan fingerprint density at radius 3 is 2.20 bits per heavy atom. The van der Waals surface area contributed by atoms with Gasteiger partial charge in [-0.1, -0.05) is 12.1 Å². The summed E-state index contributed by atoms with van der Waals surface area (Å²) in [5.41, 5.74) is 0.827. The number of nitro groups is 1. The van der Waals surface area contributed by atoms with Crippen LogP contribution in [-0.2, 0) is 30.4 Å². The number of anilines is 1.